The molecule has 0 heterocycles. The minimum atomic E-state index is -0.243. The third-order valence-electron chi connectivity index (χ3n) is 2.35. The molecular weight excluding hydrogens is 207 g/mol. The fourth-order valence-corrected chi connectivity index (χ4v) is 1.52. The Bertz CT molecular complexity index is 307. The molecule has 1 aromatic carbocycles. The molecule has 1 aromatic rings. The molecule has 0 amide bonds. The van der Waals surface area contributed by atoms with Crippen LogP contribution >= 0.6 is 0 Å². The summed E-state index contributed by atoms with van der Waals surface area (Å²) in [6.45, 7) is 3.44. The van der Waals surface area contributed by atoms with Gasteiger partial charge in [-0.2, -0.15) is 0 Å². The van der Waals surface area contributed by atoms with Gasteiger partial charge in [-0.3, -0.25) is 11.3 Å². The second kappa shape index (κ2) is 7.33. The van der Waals surface area contributed by atoms with Crippen LogP contribution in [0.15, 0.2) is 24.3 Å². The summed E-state index contributed by atoms with van der Waals surface area (Å²) >= 11 is 0. The third kappa shape index (κ3) is 4.26. The Morgan fingerprint density at radius 3 is 2.88 bits per heavy atom. The van der Waals surface area contributed by atoms with Crippen LogP contribution in [0, 0.1) is 5.82 Å². The van der Waals surface area contributed by atoms with Crippen LogP contribution in [0.25, 0.3) is 0 Å². The highest BCUT2D eigenvalue weighted by atomic mass is 19.1. The summed E-state index contributed by atoms with van der Waals surface area (Å²) in [5.41, 5.74) is 3.53. The predicted octanol–water partition coefficient (Wildman–Crippen LogP) is 2.15. The van der Waals surface area contributed by atoms with Gasteiger partial charge in [0.15, 0.2) is 0 Å². The number of ether oxygens (including phenoxy) is 1. The first kappa shape index (κ1) is 13.1. The van der Waals surface area contributed by atoms with E-state index in [2.05, 4.69) is 12.3 Å². The van der Waals surface area contributed by atoms with Gasteiger partial charge in [-0.1, -0.05) is 19.1 Å². The van der Waals surface area contributed by atoms with Crippen LogP contribution in [0.1, 0.15) is 31.4 Å². The molecule has 4 heteroatoms. The number of nitrogens with two attached hydrogens (primary N) is 1. The number of halogens is 1. The molecule has 0 fully saturated rings. The largest absolute Gasteiger partial charge is 0.381 e. The summed E-state index contributed by atoms with van der Waals surface area (Å²) in [6, 6.07) is 6.39. The molecule has 0 aromatic heterocycles. The molecule has 0 radical (unpaired) electrons. The Morgan fingerprint density at radius 2 is 2.25 bits per heavy atom. The van der Waals surface area contributed by atoms with Gasteiger partial charge in [-0.25, -0.2) is 4.39 Å². The van der Waals surface area contributed by atoms with Gasteiger partial charge in [0.05, 0.1) is 0 Å². The van der Waals surface area contributed by atoms with E-state index in [1.54, 1.807) is 6.07 Å². The third-order valence-corrected chi connectivity index (χ3v) is 2.35. The van der Waals surface area contributed by atoms with Crippen LogP contribution in [-0.2, 0) is 4.74 Å². The predicted molar refractivity (Wildman–Crippen MR) is 62.2 cm³/mol. The van der Waals surface area contributed by atoms with Gasteiger partial charge in [0.1, 0.15) is 5.82 Å². The second-order valence-electron chi connectivity index (χ2n) is 3.68. The lowest BCUT2D eigenvalue weighted by Gasteiger charge is -2.16. The van der Waals surface area contributed by atoms with Crippen LogP contribution in [0.2, 0.25) is 0 Å². The average Bonchev–Trinajstić information content (AvgIpc) is 2.29. The molecule has 0 aliphatic carbocycles. The van der Waals surface area contributed by atoms with Crippen LogP contribution in [0.5, 0.6) is 0 Å². The summed E-state index contributed by atoms with van der Waals surface area (Å²) in [7, 11) is 0. The Balaban J connectivity index is 2.47. The second-order valence-corrected chi connectivity index (χ2v) is 3.68. The van der Waals surface area contributed by atoms with Gasteiger partial charge in [0.2, 0.25) is 0 Å². The molecule has 1 rings (SSSR count). The fraction of sp³-hybridized carbons (Fsp3) is 0.500. The lowest BCUT2D eigenvalue weighted by atomic mass is 10.0. The molecule has 0 bridgehead atoms. The highest BCUT2D eigenvalue weighted by Crippen LogP contribution is 2.16. The monoisotopic (exact) mass is 226 g/mol. The molecule has 16 heavy (non-hydrogen) atoms. The average molecular weight is 226 g/mol. The summed E-state index contributed by atoms with van der Waals surface area (Å²) in [5, 5.41) is 0. The van der Waals surface area contributed by atoms with Crippen molar-refractivity contribution in [3.8, 4) is 0 Å². The first-order valence-electron chi connectivity index (χ1n) is 5.57. The lowest BCUT2D eigenvalue weighted by Crippen LogP contribution is -2.29. The number of hydrogen-bond donors (Lipinski definition) is 2. The van der Waals surface area contributed by atoms with E-state index >= 15 is 0 Å². The van der Waals surface area contributed by atoms with E-state index in [-0.39, 0.29) is 11.9 Å². The van der Waals surface area contributed by atoms with Crippen LogP contribution in [0.4, 0.5) is 4.39 Å². The maximum atomic E-state index is 13.0. The van der Waals surface area contributed by atoms with Gasteiger partial charge in [-0.05, 0) is 30.5 Å². The number of benzene rings is 1. The summed E-state index contributed by atoms with van der Waals surface area (Å²) in [6.07, 6.45) is 1.74. The van der Waals surface area contributed by atoms with Crippen molar-refractivity contribution in [2.75, 3.05) is 13.2 Å². The molecule has 1 unspecified atom stereocenters. The lowest BCUT2D eigenvalue weighted by molar-refractivity contribution is 0.124. The number of hydrazine groups is 1. The van der Waals surface area contributed by atoms with E-state index in [0.717, 1.165) is 25.0 Å². The maximum Gasteiger partial charge on any atom is 0.123 e. The Kier molecular flexibility index (Phi) is 6.00. The molecule has 90 valence electrons. The molecular formula is C12H19FN2O. The molecule has 0 spiro atoms. The van der Waals surface area contributed by atoms with Crippen molar-refractivity contribution in [1.29, 1.82) is 0 Å². The quantitative estimate of drug-likeness (QED) is 0.425. The van der Waals surface area contributed by atoms with Crippen molar-refractivity contribution in [2.45, 2.75) is 25.8 Å². The first-order valence-corrected chi connectivity index (χ1v) is 5.57. The van der Waals surface area contributed by atoms with Gasteiger partial charge in [0.25, 0.3) is 0 Å². The topological polar surface area (TPSA) is 47.3 Å². The van der Waals surface area contributed by atoms with E-state index in [4.69, 9.17) is 10.6 Å². The molecule has 3 N–H and O–H groups in total. The van der Waals surface area contributed by atoms with Gasteiger partial charge in [0, 0.05) is 19.3 Å². The molecule has 0 saturated carbocycles. The molecule has 0 aliphatic heterocycles. The Morgan fingerprint density at radius 1 is 1.44 bits per heavy atom. The van der Waals surface area contributed by atoms with Crippen molar-refractivity contribution < 1.29 is 9.13 Å². The first-order chi connectivity index (χ1) is 7.77. The Labute approximate surface area is 95.8 Å². The highest BCUT2D eigenvalue weighted by Gasteiger charge is 2.09. The fourth-order valence-electron chi connectivity index (χ4n) is 1.52. The zero-order valence-corrected chi connectivity index (χ0v) is 9.58. The van der Waals surface area contributed by atoms with E-state index in [1.165, 1.54) is 12.1 Å². The van der Waals surface area contributed by atoms with Gasteiger partial charge in [-0.15, -0.1) is 0 Å². The van der Waals surface area contributed by atoms with Crippen molar-refractivity contribution >= 4 is 0 Å². The van der Waals surface area contributed by atoms with Crippen LogP contribution in [0.3, 0.4) is 0 Å². The summed E-state index contributed by atoms with van der Waals surface area (Å²) < 4.78 is 18.4. The minimum absolute atomic E-state index is 0.0624. The molecule has 0 aliphatic rings. The standard InChI is InChI=1S/C12H19FN2O/c1-2-7-16-8-6-12(15-14)10-4-3-5-11(13)9-10/h3-5,9,12,15H,2,6-8,14H2,1H3. The zero-order valence-electron chi connectivity index (χ0n) is 9.58. The highest BCUT2D eigenvalue weighted by molar-refractivity contribution is 5.19. The van der Waals surface area contributed by atoms with E-state index in [0.29, 0.717) is 6.61 Å². The van der Waals surface area contributed by atoms with Crippen LogP contribution in [-0.4, -0.2) is 13.2 Å². The van der Waals surface area contributed by atoms with Crippen molar-refractivity contribution in [1.82, 2.24) is 5.43 Å². The number of nitrogens with one attached hydrogen (secondary N) is 1. The normalized spacial score (nSPS) is 12.7. The van der Waals surface area contributed by atoms with Crippen molar-refractivity contribution in [3.63, 3.8) is 0 Å². The Hall–Kier alpha value is -0.970. The number of rotatable bonds is 7. The van der Waals surface area contributed by atoms with E-state index in [1.807, 2.05) is 6.07 Å². The molecule has 0 saturated heterocycles. The van der Waals surface area contributed by atoms with Gasteiger partial charge < -0.3 is 4.74 Å². The molecule has 3 nitrogen and oxygen atoms in total. The SMILES string of the molecule is CCCOCCC(NN)c1cccc(F)c1. The van der Waals surface area contributed by atoms with Gasteiger partial charge >= 0.3 is 0 Å². The number of hydrogen-bond acceptors (Lipinski definition) is 3. The maximum absolute atomic E-state index is 13.0. The summed E-state index contributed by atoms with van der Waals surface area (Å²) in [4.78, 5) is 0. The van der Waals surface area contributed by atoms with E-state index < -0.39 is 0 Å². The summed E-state index contributed by atoms with van der Waals surface area (Å²) in [5.74, 6) is 5.20. The van der Waals surface area contributed by atoms with E-state index in [9.17, 15) is 4.39 Å². The van der Waals surface area contributed by atoms with Crippen molar-refractivity contribution in [3.05, 3.63) is 35.6 Å². The van der Waals surface area contributed by atoms with Crippen molar-refractivity contribution in [2.24, 2.45) is 5.84 Å². The molecule has 1 atom stereocenters. The zero-order chi connectivity index (χ0) is 11.8. The van der Waals surface area contributed by atoms with Crippen LogP contribution < -0.4 is 11.3 Å². The smallest absolute Gasteiger partial charge is 0.123 e. The minimum Gasteiger partial charge on any atom is -0.381 e.